The van der Waals surface area contributed by atoms with Crippen molar-refractivity contribution < 1.29 is 58.6 Å². The summed E-state index contributed by atoms with van der Waals surface area (Å²) in [5, 5.41) is 31.4. The van der Waals surface area contributed by atoms with Crippen LogP contribution in [0.25, 0.3) is 0 Å². The Morgan fingerprint density at radius 2 is 0.733 bits per heavy atom. The lowest BCUT2D eigenvalue weighted by Crippen LogP contribution is -2.39. The van der Waals surface area contributed by atoms with Crippen molar-refractivity contribution in [2.75, 3.05) is 19.6 Å². The van der Waals surface area contributed by atoms with Crippen molar-refractivity contribution in [3.05, 3.63) is 0 Å². The Hall–Kier alpha value is -3.42. The lowest BCUT2D eigenvalue weighted by molar-refractivity contribution is -0.170. The summed E-state index contributed by atoms with van der Waals surface area (Å²) in [4.78, 5) is 73.8. The van der Waals surface area contributed by atoms with Gasteiger partial charge in [-0.25, -0.2) is 15.2 Å². The molecule has 1 aliphatic heterocycles. The average molecular weight is 649 g/mol. The third-order valence-corrected chi connectivity index (χ3v) is 6.77. The van der Waals surface area contributed by atoms with Crippen molar-refractivity contribution in [1.29, 1.82) is 0 Å². The van der Waals surface area contributed by atoms with Gasteiger partial charge in [0.25, 0.3) is 0 Å². The summed E-state index contributed by atoms with van der Waals surface area (Å²) in [6.45, 7) is 3.77. The number of ether oxygens (including phenoxy) is 3. The molecule has 0 saturated carbocycles. The van der Waals surface area contributed by atoms with E-state index in [1.54, 1.807) is 0 Å². The van der Waals surface area contributed by atoms with Crippen LogP contribution in [0.3, 0.4) is 0 Å². The first-order valence-electron chi connectivity index (χ1n) is 14.9. The third kappa shape index (κ3) is 15.4. The Morgan fingerprint density at radius 3 is 0.956 bits per heavy atom. The zero-order valence-corrected chi connectivity index (χ0v) is 26.0. The fourth-order valence-electron chi connectivity index (χ4n) is 4.15. The minimum atomic E-state index is -1.11. The summed E-state index contributed by atoms with van der Waals surface area (Å²) < 4.78 is 15.5. The van der Waals surface area contributed by atoms with Gasteiger partial charge in [0.05, 0.1) is 19.3 Å². The van der Waals surface area contributed by atoms with Crippen LogP contribution < -0.4 is 17.2 Å². The molecule has 0 radical (unpaired) electrons. The van der Waals surface area contributed by atoms with Crippen LogP contribution in [0, 0.1) is 0 Å². The summed E-state index contributed by atoms with van der Waals surface area (Å²) in [6, 6.07) is -3.34. The molecule has 1 saturated heterocycles. The van der Waals surface area contributed by atoms with E-state index >= 15 is 0 Å². The van der Waals surface area contributed by atoms with E-state index in [4.69, 9.17) is 31.4 Å². The average Bonchev–Trinajstić information content (AvgIpc) is 2.95. The molecular formula is C27H48N6O12. The van der Waals surface area contributed by atoms with Crippen LogP contribution >= 0.6 is 0 Å². The Balaban J connectivity index is 2.85. The summed E-state index contributed by atoms with van der Waals surface area (Å²) in [7, 11) is 0. The fourth-order valence-corrected chi connectivity index (χ4v) is 4.15. The van der Waals surface area contributed by atoms with Gasteiger partial charge in [-0.1, -0.05) is 0 Å². The highest BCUT2D eigenvalue weighted by atomic mass is 16.6. The second kappa shape index (κ2) is 19.9. The number of hydroxylamine groups is 6. The van der Waals surface area contributed by atoms with Gasteiger partial charge in [-0.3, -0.25) is 44.4 Å². The number of nitrogens with zero attached hydrogens (tertiary/aromatic N) is 3. The maximum Gasteiger partial charge on any atom is 0.323 e. The number of rotatable bonds is 0. The molecular weight excluding hydrogens is 600 g/mol. The molecule has 0 unspecified atom stereocenters. The minimum absolute atomic E-state index is 0.0354. The SMILES string of the molecule is C[C@@H]1CC(=O)N(O)CCC[C@@H](N)C(=O)O[C@H](C)CC(=O)N(O)CCC[C@@H](N)C(=O)O[C@H](C)CC(=O)N(O)CCC[C@@H](N)C(=O)O1. The summed E-state index contributed by atoms with van der Waals surface area (Å²) in [5.41, 5.74) is 17.5. The van der Waals surface area contributed by atoms with Gasteiger partial charge in [0.2, 0.25) is 17.7 Å². The van der Waals surface area contributed by atoms with E-state index in [0.717, 1.165) is 0 Å². The number of amides is 3. The zero-order valence-electron chi connectivity index (χ0n) is 26.0. The molecule has 3 amide bonds. The van der Waals surface area contributed by atoms with Gasteiger partial charge in [-0.05, 0) is 59.3 Å². The van der Waals surface area contributed by atoms with E-state index in [1.807, 2.05) is 0 Å². The predicted molar refractivity (Wildman–Crippen MR) is 153 cm³/mol. The number of esters is 3. The maximum absolute atomic E-state index is 12.3. The van der Waals surface area contributed by atoms with Gasteiger partial charge in [-0.15, -0.1) is 0 Å². The molecule has 0 aromatic carbocycles. The molecule has 0 bridgehead atoms. The molecule has 258 valence electrons. The van der Waals surface area contributed by atoms with Crippen LogP contribution in [0.15, 0.2) is 0 Å². The van der Waals surface area contributed by atoms with E-state index in [1.165, 1.54) is 20.8 Å². The third-order valence-electron chi connectivity index (χ3n) is 6.77. The Kier molecular flexibility index (Phi) is 17.5. The molecule has 18 heteroatoms. The lowest BCUT2D eigenvalue weighted by atomic mass is 10.1. The molecule has 45 heavy (non-hydrogen) atoms. The van der Waals surface area contributed by atoms with Crippen LogP contribution in [-0.2, 0) is 43.0 Å². The summed E-state index contributed by atoms with van der Waals surface area (Å²) in [5.74, 6) is -4.72. The fraction of sp³-hybridized carbons (Fsp3) is 0.778. The molecule has 0 aliphatic carbocycles. The van der Waals surface area contributed by atoms with Gasteiger partial charge >= 0.3 is 17.9 Å². The lowest BCUT2D eigenvalue weighted by Gasteiger charge is -2.22. The monoisotopic (exact) mass is 648 g/mol. The zero-order chi connectivity index (χ0) is 34.3. The first-order chi connectivity index (χ1) is 21.0. The molecule has 1 fully saturated rings. The largest absolute Gasteiger partial charge is 0.461 e. The van der Waals surface area contributed by atoms with Crippen molar-refractivity contribution in [1.82, 2.24) is 15.2 Å². The van der Waals surface area contributed by atoms with E-state index in [0.29, 0.717) is 15.2 Å². The molecule has 6 atom stereocenters. The predicted octanol–water partition coefficient (Wildman–Crippen LogP) is -1.06. The van der Waals surface area contributed by atoms with E-state index in [9.17, 15) is 44.4 Å². The van der Waals surface area contributed by atoms with E-state index < -0.39 is 72.1 Å². The van der Waals surface area contributed by atoms with Crippen molar-refractivity contribution in [3.8, 4) is 0 Å². The van der Waals surface area contributed by atoms with Crippen molar-refractivity contribution in [3.63, 3.8) is 0 Å². The van der Waals surface area contributed by atoms with Crippen LogP contribution in [0.5, 0.6) is 0 Å². The van der Waals surface area contributed by atoms with Gasteiger partial charge in [0.1, 0.15) is 36.4 Å². The van der Waals surface area contributed by atoms with Crippen LogP contribution in [0.1, 0.15) is 78.6 Å². The number of nitrogens with two attached hydrogens (primary N) is 3. The number of carbonyl (C=O) groups excluding carboxylic acids is 6. The Bertz CT molecular complexity index is 821. The Labute approximate surface area is 261 Å². The smallest absolute Gasteiger partial charge is 0.323 e. The highest BCUT2D eigenvalue weighted by molar-refractivity contribution is 5.79. The number of carbonyl (C=O) groups is 6. The Morgan fingerprint density at radius 1 is 0.511 bits per heavy atom. The number of cyclic esters (lactones) is 3. The summed E-state index contributed by atoms with van der Waals surface area (Å²) >= 11 is 0. The number of hydrogen-bond acceptors (Lipinski definition) is 15. The standard InChI is InChI=1S/C27H48N6O12/c1-16-13-22(34)31(40)10-5-8-20(29)26(38)44-18(3)15-24(36)33(42)12-6-9-21(30)27(39)45-17(2)14-23(35)32(41)11-4-7-19(28)25(37)43-16/h16-21,40-42H,4-15,28-30H2,1-3H3/t16-,17-,18-,19-,20-,21-/m1/s1. The van der Waals surface area contributed by atoms with Crippen molar-refractivity contribution >= 4 is 35.6 Å². The van der Waals surface area contributed by atoms with Gasteiger partial charge < -0.3 is 31.4 Å². The maximum atomic E-state index is 12.3. The topological polar surface area (TPSA) is 279 Å². The first kappa shape index (κ1) is 39.6. The highest BCUT2D eigenvalue weighted by Gasteiger charge is 2.26. The molecule has 1 heterocycles. The van der Waals surface area contributed by atoms with Crippen LogP contribution in [0.4, 0.5) is 0 Å². The summed E-state index contributed by atoms with van der Waals surface area (Å²) in [6.07, 6.45) is -3.41. The molecule has 1 aliphatic rings. The number of hydrogen-bond donors (Lipinski definition) is 6. The van der Waals surface area contributed by atoms with Crippen LogP contribution in [-0.4, -0.2) is 123 Å². The molecule has 1 rings (SSSR count). The van der Waals surface area contributed by atoms with Crippen molar-refractivity contribution in [2.24, 2.45) is 17.2 Å². The van der Waals surface area contributed by atoms with E-state index in [2.05, 4.69) is 0 Å². The minimum Gasteiger partial charge on any atom is -0.461 e. The second-order valence-corrected chi connectivity index (χ2v) is 11.2. The first-order valence-corrected chi connectivity index (χ1v) is 14.9. The quantitative estimate of drug-likeness (QED) is 0.104. The second-order valence-electron chi connectivity index (χ2n) is 11.2. The molecule has 0 aromatic rings. The highest BCUT2D eigenvalue weighted by Crippen LogP contribution is 2.11. The normalized spacial score (nSPS) is 29.9. The molecule has 0 aromatic heterocycles. The van der Waals surface area contributed by atoms with Gasteiger partial charge in [-0.2, -0.15) is 0 Å². The van der Waals surface area contributed by atoms with Crippen molar-refractivity contribution in [2.45, 2.75) is 115 Å². The molecule has 0 spiro atoms. The molecule has 18 nitrogen and oxygen atoms in total. The molecule has 9 N–H and O–H groups in total. The van der Waals surface area contributed by atoms with Crippen LogP contribution in [0.2, 0.25) is 0 Å². The van der Waals surface area contributed by atoms with E-state index in [-0.39, 0.29) is 77.4 Å². The van der Waals surface area contributed by atoms with Gasteiger partial charge in [0, 0.05) is 19.6 Å². The van der Waals surface area contributed by atoms with Gasteiger partial charge in [0.15, 0.2) is 0 Å².